The zero-order valence-corrected chi connectivity index (χ0v) is 11.2. The summed E-state index contributed by atoms with van der Waals surface area (Å²) in [7, 11) is 0. The zero-order chi connectivity index (χ0) is 13.2. The molecule has 1 rings (SSSR count). The number of alkyl halides is 1. The molecule has 0 bridgehead atoms. The summed E-state index contributed by atoms with van der Waals surface area (Å²) in [6.07, 6.45) is -0.928. The first-order valence-corrected chi connectivity index (χ1v) is 6.14. The summed E-state index contributed by atoms with van der Waals surface area (Å²) in [4.78, 5) is 25.8. The van der Waals surface area contributed by atoms with Crippen LogP contribution >= 0.6 is 11.6 Å². The Labute approximate surface area is 106 Å². The van der Waals surface area contributed by atoms with Crippen molar-refractivity contribution in [1.82, 2.24) is 9.80 Å². The Balaban J connectivity index is 2.84. The van der Waals surface area contributed by atoms with Gasteiger partial charge < -0.3 is 14.9 Å². The molecular weight excluding hydrogens is 244 g/mol. The molecule has 5 nitrogen and oxygen atoms in total. The molecule has 1 unspecified atom stereocenters. The molecule has 98 valence electrons. The van der Waals surface area contributed by atoms with Gasteiger partial charge in [0, 0.05) is 19.6 Å². The highest BCUT2D eigenvalue weighted by molar-refractivity contribution is 6.27. The third-order valence-electron chi connectivity index (χ3n) is 3.09. The quantitative estimate of drug-likeness (QED) is 0.728. The largest absolute Gasteiger partial charge is 0.465 e. The van der Waals surface area contributed by atoms with Crippen LogP contribution < -0.4 is 0 Å². The molecule has 6 heteroatoms. The molecule has 0 saturated carbocycles. The minimum atomic E-state index is -0.928. The van der Waals surface area contributed by atoms with E-state index in [1.807, 2.05) is 20.8 Å². The van der Waals surface area contributed by atoms with Gasteiger partial charge in [0.15, 0.2) is 0 Å². The van der Waals surface area contributed by atoms with Gasteiger partial charge in [0.1, 0.15) is 5.88 Å². The number of hydrogen-bond acceptors (Lipinski definition) is 2. The number of halogens is 1. The van der Waals surface area contributed by atoms with E-state index in [0.717, 1.165) is 0 Å². The summed E-state index contributed by atoms with van der Waals surface area (Å²) in [6.45, 7) is 7.11. The van der Waals surface area contributed by atoms with Crippen molar-refractivity contribution in [1.29, 1.82) is 0 Å². The third-order valence-corrected chi connectivity index (χ3v) is 3.32. The van der Waals surface area contributed by atoms with E-state index >= 15 is 0 Å². The van der Waals surface area contributed by atoms with Crippen LogP contribution in [0.15, 0.2) is 0 Å². The summed E-state index contributed by atoms with van der Waals surface area (Å²) in [5.74, 6) is -0.185. The van der Waals surface area contributed by atoms with Crippen molar-refractivity contribution in [3.8, 4) is 0 Å². The Kier molecular flexibility index (Phi) is 4.25. The Bertz CT molecular complexity index is 314. The predicted octanol–water partition coefficient (Wildman–Crippen LogP) is 1.46. The first-order chi connectivity index (χ1) is 7.77. The first-order valence-electron chi connectivity index (χ1n) is 5.60. The van der Waals surface area contributed by atoms with Crippen molar-refractivity contribution in [2.45, 2.75) is 26.8 Å². The van der Waals surface area contributed by atoms with Crippen LogP contribution in [0.2, 0.25) is 0 Å². The number of hydrogen-bond donors (Lipinski definition) is 1. The van der Waals surface area contributed by atoms with Gasteiger partial charge in [-0.3, -0.25) is 4.79 Å². The molecule has 0 aromatic rings. The van der Waals surface area contributed by atoms with Crippen LogP contribution in [0.3, 0.4) is 0 Å². The van der Waals surface area contributed by atoms with Crippen molar-refractivity contribution in [2.24, 2.45) is 5.41 Å². The summed E-state index contributed by atoms with van der Waals surface area (Å²) in [6, 6.07) is -0.194. The molecule has 1 heterocycles. The Morgan fingerprint density at radius 2 is 1.94 bits per heavy atom. The van der Waals surface area contributed by atoms with Gasteiger partial charge in [0.2, 0.25) is 5.91 Å². The smallest absolute Gasteiger partial charge is 0.407 e. The molecule has 1 N–H and O–H groups in total. The lowest BCUT2D eigenvalue weighted by atomic mass is 9.84. The van der Waals surface area contributed by atoms with Crippen LogP contribution in [0.5, 0.6) is 0 Å². The number of carbonyl (C=O) groups is 2. The Hall–Kier alpha value is -0.970. The van der Waals surface area contributed by atoms with Crippen LogP contribution in [0.4, 0.5) is 4.79 Å². The molecule has 0 aromatic carbocycles. The van der Waals surface area contributed by atoms with Gasteiger partial charge in [-0.15, -0.1) is 11.6 Å². The molecule has 17 heavy (non-hydrogen) atoms. The molecule has 1 aliphatic rings. The maximum Gasteiger partial charge on any atom is 0.407 e. The molecule has 2 amide bonds. The van der Waals surface area contributed by atoms with E-state index in [1.165, 1.54) is 4.90 Å². The number of carbonyl (C=O) groups excluding carboxylic acids is 1. The zero-order valence-electron chi connectivity index (χ0n) is 10.4. The lowest BCUT2D eigenvalue weighted by Crippen LogP contribution is -2.60. The van der Waals surface area contributed by atoms with Crippen molar-refractivity contribution >= 4 is 23.6 Å². The molecule has 0 aromatic heterocycles. The molecular formula is C11H19ClN2O3. The molecule has 1 saturated heterocycles. The summed E-state index contributed by atoms with van der Waals surface area (Å²) < 4.78 is 0. The van der Waals surface area contributed by atoms with Crippen LogP contribution in [0.25, 0.3) is 0 Å². The van der Waals surface area contributed by atoms with Gasteiger partial charge in [-0.05, 0) is 5.41 Å². The summed E-state index contributed by atoms with van der Waals surface area (Å²) in [5.41, 5.74) is -0.205. The molecule has 0 spiro atoms. The lowest BCUT2D eigenvalue weighted by Gasteiger charge is -2.45. The van der Waals surface area contributed by atoms with E-state index in [9.17, 15) is 9.59 Å². The molecule has 1 aliphatic heterocycles. The first kappa shape index (κ1) is 14.1. The molecule has 0 radical (unpaired) electrons. The topological polar surface area (TPSA) is 60.9 Å². The van der Waals surface area contributed by atoms with Crippen LogP contribution in [-0.2, 0) is 4.79 Å². The fraction of sp³-hybridized carbons (Fsp3) is 0.818. The molecule has 1 atom stereocenters. The van der Waals surface area contributed by atoms with E-state index in [-0.39, 0.29) is 23.2 Å². The van der Waals surface area contributed by atoms with Gasteiger partial charge in [-0.25, -0.2) is 4.79 Å². The van der Waals surface area contributed by atoms with Crippen LogP contribution in [-0.4, -0.2) is 58.5 Å². The van der Waals surface area contributed by atoms with Crippen molar-refractivity contribution in [2.75, 3.05) is 25.5 Å². The standard InChI is InChI=1S/C11H19ClN2O3/c1-11(2,3)8-7-13(9(15)6-12)4-5-14(8)10(16)17/h8H,4-7H2,1-3H3,(H,16,17). The Morgan fingerprint density at radius 1 is 1.35 bits per heavy atom. The fourth-order valence-electron chi connectivity index (χ4n) is 2.06. The Morgan fingerprint density at radius 3 is 2.35 bits per heavy atom. The maximum atomic E-state index is 11.5. The molecule has 0 aliphatic carbocycles. The second kappa shape index (κ2) is 5.12. The fourth-order valence-corrected chi connectivity index (χ4v) is 2.23. The number of piperazine rings is 1. The summed E-state index contributed by atoms with van der Waals surface area (Å²) >= 11 is 5.53. The second-order valence-electron chi connectivity index (χ2n) is 5.33. The number of nitrogens with zero attached hydrogens (tertiary/aromatic N) is 2. The van der Waals surface area contributed by atoms with Crippen molar-refractivity contribution in [3.05, 3.63) is 0 Å². The summed E-state index contributed by atoms with van der Waals surface area (Å²) in [5, 5.41) is 9.15. The average molecular weight is 263 g/mol. The van der Waals surface area contributed by atoms with Crippen molar-refractivity contribution in [3.63, 3.8) is 0 Å². The van der Waals surface area contributed by atoms with E-state index in [1.54, 1.807) is 4.90 Å². The SMILES string of the molecule is CC(C)(C)C1CN(C(=O)CCl)CCN1C(=O)O. The van der Waals surface area contributed by atoms with E-state index < -0.39 is 6.09 Å². The molecule has 1 fully saturated rings. The van der Waals surface area contributed by atoms with Crippen LogP contribution in [0.1, 0.15) is 20.8 Å². The highest BCUT2D eigenvalue weighted by Crippen LogP contribution is 2.27. The minimum Gasteiger partial charge on any atom is -0.465 e. The second-order valence-corrected chi connectivity index (χ2v) is 5.60. The van der Waals surface area contributed by atoms with Gasteiger partial charge in [-0.1, -0.05) is 20.8 Å². The predicted molar refractivity (Wildman–Crippen MR) is 65.3 cm³/mol. The minimum absolute atomic E-state index is 0.0517. The van der Waals surface area contributed by atoms with Crippen molar-refractivity contribution < 1.29 is 14.7 Å². The van der Waals surface area contributed by atoms with Gasteiger partial charge >= 0.3 is 6.09 Å². The average Bonchev–Trinajstić information content (AvgIpc) is 2.25. The van der Waals surface area contributed by atoms with Gasteiger partial charge in [-0.2, -0.15) is 0 Å². The van der Waals surface area contributed by atoms with Gasteiger partial charge in [0.25, 0.3) is 0 Å². The van der Waals surface area contributed by atoms with Crippen LogP contribution in [0, 0.1) is 5.41 Å². The monoisotopic (exact) mass is 262 g/mol. The van der Waals surface area contributed by atoms with E-state index in [2.05, 4.69) is 0 Å². The highest BCUT2D eigenvalue weighted by atomic mass is 35.5. The normalized spacial score (nSPS) is 21.5. The van der Waals surface area contributed by atoms with E-state index in [0.29, 0.717) is 19.6 Å². The third kappa shape index (κ3) is 3.25. The van der Waals surface area contributed by atoms with Gasteiger partial charge in [0.05, 0.1) is 6.04 Å². The number of rotatable bonds is 1. The number of amides is 2. The van der Waals surface area contributed by atoms with E-state index in [4.69, 9.17) is 16.7 Å². The maximum absolute atomic E-state index is 11.5. The lowest BCUT2D eigenvalue weighted by molar-refractivity contribution is -0.132. The number of carboxylic acid groups (broad SMARTS) is 1. The highest BCUT2D eigenvalue weighted by Gasteiger charge is 2.38.